The lowest BCUT2D eigenvalue weighted by molar-refractivity contribution is -0.131. The molecule has 1 fully saturated rings. The number of hydrogen-bond acceptors (Lipinski definition) is 3. The molecule has 0 unspecified atom stereocenters. The molecule has 1 aliphatic rings. The molecule has 0 atom stereocenters. The van der Waals surface area contributed by atoms with Crippen molar-refractivity contribution in [2.45, 2.75) is 20.3 Å². The SMILES string of the molecule is COc1cccc(CC(=O)N2CCN(C(=O)c3ccc(C)cc3C)CC2)c1. The molecule has 1 saturated heterocycles. The fraction of sp³-hybridized carbons (Fsp3) is 0.364. The van der Waals surface area contributed by atoms with Crippen LogP contribution in [-0.2, 0) is 11.2 Å². The Balaban J connectivity index is 1.57. The number of carbonyl (C=O) groups excluding carboxylic acids is 2. The highest BCUT2D eigenvalue weighted by molar-refractivity contribution is 5.96. The number of aryl methyl sites for hydroxylation is 2. The van der Waals surface area contributed by atoms with E-state index >= 15 is 0 Å². The van der Waals surface area contributed by atoms with Gasteiger partial charge in [0.15, 0.2) is 0 Å². The van der Waals surface area contributed by atoms with Crippen LogP contribution in [0.1, 0.15) is 27.0 Å². The van der Waals surface area contributed by atoms with Crippen molar-refractivity contribution in [2.75, 3.05) is 33.3 Å². The standard InChI is InChI=1S/C22H26N2O3/c1-16-7-8-20(17(2)13-16)22(26)24-11-9-23(10-12-24)21(25)15-18-5-4-6-19(14-18)27-3/h4-8,13-14H,9-12,15H2,1-3H3. The first-order valence-electron chi connectivity index (χ1n) is 9.25. The summed E-state index contributed by atoms with van der Waals surface area (Å²) in [6.07, 6.45) is 0.349. The lowest BCUT2D eigenvalue weighted by Crippen LogP contribution is -2.51. The maximum Gasteiger partial charge on any atom is 0.254 e. The van der Waals surface area contributed by atoms with Gasteiger partial charge in [0.2, 0.25) is 5.91 Å². The minimum atomic E-state index is 0.0485. The highest BCUT2D eigenvalue weighted by atomic mass is 16.5. The van der Waals surface area contributed by atoms with Gasteiger partial charge in [0.1, 0.15) is 5.75 Å². The third kappa shape index (κ3) is 4.48. The molecule has 0 bridgehead atoms. The third-order valence-corrected chi connectivity index (χ3v) is 5.02. The van der Waals surface area contributed by atoms with Crippen LogP contribution in [0.2, 0.25) is 0 Å². The summed E-state index contributed by atoms with van der Waals surface area (Å²) in [7, 11) is 1.62. The maximum atomic E-state index is 12.8. The number of nitrogens with zero attached hydrogens (tertiary/aromatic N) is 2. The summed E-state index contributed by atoms with van der Waals surface area (Å²) in [6.45, 7) is 6.26. The van der Waals surface area contributed by atoms with E-state index in [0.29, 0.717) is 32.6 Å². The number of carbonyl (C=O) groups is 2. The molecule has 2 aromatic rings. The summed E-state index contributed by atoms with van der Waals surface area (Å²) < 4.78 is 5.21. The van der Waals surface area contributed by atoms with E-state index in [1.165, 1.54) is 0 Å². The van der Waals surface area contributed by atoms with Gasteiger partial charge in [0, 0.05) is 31.7 Å². The molecule has 0 aliphatic carbocycles. The number of ether oxygens (including phenoxy) is 1. The first-order valence-corrected chi connectivity index (χ1v) is 9.25. The number of benzene rings is 2. The van der Waals surface area contributed by atoms with Gasteiger partial charge in [-0.1, -0.05) is 29.8 Å². The molecule has 0 spiro atoms. The Bertz CT molecular complexity index is 839. The van der Waals surface area contributed by atoms with Gasteiger partial charge < -0.3 is 14.5 Å². The first-order chi connectivity index (χ1) is 13.0. The molecule has 0 N–H and O–H groups in total. The normalized spacial score (nSPS) is 14.2. The van der Waals surface area contributed by atoms with Gasteiger partial charge in [-0.05, 0) is 43.2 Å². The fourth-order valence-electron chi connectivity index (χ4n) is 3.45. The predicted octanol–water partition coefficient (Wildman–Crippen LogP) is 2.84. The molecule has 0 saturated carbocycles. The molecular formula is C22H26N2O3. The Hall–Kier alpha value is -2.82. The molecule has 1 heterocycles. The van der Waals surface area contributed by atoms with Crippen molar-refractivity contribution in [3.63, 3.8) is 0 Å². The molecule has 2 amide bonds. The van der Waals surface area contributed by atoms with Crippen LogP contribution in [0.4, 0.5) is 0 Å². The molecule has 0 aromatic heterocycles. The van der Waals surface area contributed by atoms with Crippen LogP contribution in [0.25, 0.3) is 0 Å². The second-order valence-electron chi connectivity index (χ2n) is 7.02. The number of amides is 2. The van der Waals surface area contributed by atoms with Crippen LogP contribution >= 0.6 is 0 Å². The molecule has 5 heteroatoms. The molecular weight excluding hydrogens is 340 g/mol. The van der Waals surface area contributed by atoms with Crippen LogP contribution in [0.15, 0.2) is 42.5 Å². The summed E-state index contributed by atoms with van der Waals surface area (Å²) in [4.78, 5) is 29.0. The van der Waals surface area contributed by atoms with E-state index < -0.39 is 0 Å². The summed E-state index contributed by atoms with van der Waals surface area (Å²) in [5.74, 6) is 0.887. The van der Waals surface area contributed by atoms with Crippen molar-refractivity contribution in [1.29, 1.82) is 0 Å². The average molecular weight is 366 g/mol. The Morgan fingerprint density at radius 3 is 2.33 bits per heavy atom. The zero-order chi connectivity index (χ0) is 19.4. The van der Waals surface area contributed by atoms with Crippen molar-refractivity contribution in [1.82, 2.24) is 9.80 Å². The van der Waals surface area contributed by atoms with E-state index in [0.717, 1.165) is 28.0 Å². The Kier molecular flexibility index (Phi) is 5.79. The van der Waals surface area contributed by atoms with Gasteiger partial charge in [-0.2, -0.15) is 0 Å². The average Bonchev–Trinajstić information content (AvgIpc) is 2.68. The Morgan fingerprint density at radius 2 is 1.67 bits per heavy atom. The summed E-state index contributed by atoms with van der Waals surface area (Å²) in [5, 5.41) is 0. The van der Waals surface area contributed by atoms with Gasteiger partial charge in [-0.15, -0.1) is 0 Å². The van der Waals surface area contributed by atoms with Crippen LogP contribution in [0.5, 0.6) is 5.75 Å². The highest BCUT2D eigenvalue weighted by Gasteiger charge is 2.25. The fourth-order valence-corrected chi connectivity index (χ4v) is 3.45. The second kappa shape index (κ2) is 8.25. The Morgan fingerprint density at radius 1 is 0.963 bits per heavy atom. The molecule has 142 valence electrons. The largest absolute Gasteiger partial charge is 0.497 e. The van der Waals surface area contributed by atoms with Crippen molar-refractivity contribution in [3.8, 4) is 5.75 Å². The van der Waals surface area contributed by atoms with Crippen molar-refractivity contribution >= 4 is 11.8 Å². The van der Waals surface area contributed by atoms with Gasteiger partial charge in [-0.3, -0.25) is 9.59 Å². The zero-order valence-electron chi connectivity index (χ0n) is 16.2. The number of hydrogen-bond donors (Lipinski definition) is 0. The molecule has 1 aliphatic heterocycles. The molecule has 2 aromatic carbocycles. The quantitative estimate of drug-likeness (QED) is 0.836. The van der Waals surface area contributed by atoms with E-state index in [2.05, 4.69) is 0 Å². The summed E-state index contributed by atoms with van der Waals surface area (Å²) in [5.41, 5.74) is 3.83. The third-order valence-electron chi connectivity index (χ3n) is 5.02. The first kappa shape index (κ1) is 19.0. The lowest BCUT2D eigenvalue weighted by atomic mass is 10.0. The van der Waals surface area contributed by atoms with Gasteiger partial charge in [0.05, 0.1) is 13.5 Å². The molecule has 3 rings (SSSR count). The van der Waals surface area contributed by atoms with E-state index in [1.54, 1.807) is 7.11 Å². The van der Waals surface area contributed by atoms with E-state index in [-0.39, 0.29) is 11.8 Å². The molecule has 27 heavy (non-hydrogen) atoms. The van der Waals surface area contributed by atoms with Crippen molar-refractivity contribution in [2.24, 2.45) is 0 Å². The van der Waals surface area contributed by atoms with Crippen LogP contribution in [-0.4, -0.2) is 54.9 Å². The summed E-state index contributed by atoms with van der Waals surface area (Å²) in [6, 6.07) is 13.5. The van der Waals surface area contributed by atoms with Crippen molar-refractivity contribution in [3.05, 3.63) is 64.7 Å². The smallest absolute Gasteiger partial charge is 0.254 e. The highest BCUT2D eigenvalue weighted by Crippen LogP contribution is 2.17. The monoisotopic (exact) mass is 366 g/mol. The minimum Gasteiger partial charge on any atom is -0.497 e. The zero-order valence-corrected chi connectivity index (χ0v) is 16.2. The van der Waals surface area contributed by atoms with Gasteiger partial charge in [0.25, 0.3) is 5.91 Å². The topological polar surface area (TPSA) is 49.9 Å². The number of piperazine rings is 1. The number of rotatable bonds is 4. The van der Waals surface area contributed by atoms with Crippen LogP contribution < -0.4 is 4.74 Å². The van der Waals surface area contributed by atoms with E-state index in [4.69, 9.17) is 4.74 Å². The minimum absolute atomic E-state index is 0.0485. The number of methoxy groups -OCH3 is 1. The van der Waals surface area contributed by atoms with Crippen LogP contribution in [0, 0.1) is 13.8 Å². The molecule has 5 nitrogen and oxygen atoms in total. The maximum absolute atomic E-state index is 12.8. The lowest BCUT2D eigenvalue weighted by Gasteiger charge is -2.35. The van der Waals surface area contributed by atoms with Crippen LogP contribution in [0.3, 0.4) is 0 Å². The van der Waals surface area contributed by atoms with E-state index in [9.17, 15) is 9.59 Å². The van der Waals surface area contributed by atoms with Crippen molar-refractivity contribution < 1.29 is 14.3 Å². The predicted molar refractivity (Wildman–Crippen MR) is 105 cm³/mol. The molecule has 0 radical (unpaired) electrons. The van der Waals surface area contributed by atoms with Gasteiger partial charge >= 0.3 is 0 Å². The summed E-state index contributed by atoms with van der Waals surface area (Å²) >= 11 is 0. The Labute approximate surface area is 160 Å². The van der Waals surface area contributed by atoms with E-state index in [1.807, 2.05) is 66.1 Å². The van der Waals surface area contributed by atoms with Gasteiger partial charge in [-0.25, -0.2) is 0 Å². The second-order valence-corrected chi connectivity index (χ2v) is 7.02.